The molecule has 1 aliphatic heterocycles. The van der Waals surface area contributed by atoms with Crippen LogP contribution in [0.3, 0.4) is 0 Å². The van der Waals surface area contributed by atoms with Crippen molar-refractivity contribution < 1.29 is 13.9 Å². The number of rotatable bonds is 4. The number of hydrogen-bond acceptors (Lipinski definition) is 2. The molecule has 0 amide bonds. The van der Waals surface area contributed by atoms with Crippen LogP contribution in [-0.4, -0.2) is 19.3 Å². The summed E-state index contributed by atoms with van der Waals surface area (Å²) in [5.41, 5.74) is 0.412. The minimum absolute atomic E-state index is 0.195. The molecule has 0 N–H and O–H groups in total. The lowest BCUT2D eigenvalue weighted by atomic mass is 10.2. The highest BCUT2D eigenvalue weighted by Gasteiger charge is 2.22. The van der Waals surface area contributed by atoms with Gasteiger partial charge in [-0.2, -0.15) is 0 Å². The van der Waals surface area contributed by atoms with E-state index in [0.717, 1.165) is 6.61 Å². The molecule has 2 nitrogen and oxygen atoms in total. The first-order chi connectivity index (χ1) is 6.77. The van der Waals surface area contributed by atoms with Gasteiger partial charge in [-0.05, 0) is 12.1 Å². The summed E-state index contributed by atoms with van der Waals surface area (Å²) in [5.74, 6) is -0.325. The van der Waals surface area contributed by atoms with Crippen molar-refractivity contribution in [2.45, 2.75) is 12.7 Å². The van der Waals surface area contributed by atoms with Crippen LogP contribution in [-0.2, 0) is 16.1 Å². The van der Waals surface area contributed by atoms with Gasteiger partial charge in [0.25, 0.3) is 0 Å². The van der Waals surface area contributed by atoms with Gasteiger partial charge < -0.3 is 9.47 Å². The smallest absolute Gasteiger partial charge is 0.130 e. The van der Waals surface area contributed by atoms with E-state index in [-0.39, 0.29) is 18.5 Å². The third-order valence-electron chi connectivity index (χ3n) is 2.01. The van der Waals surface area contributed by atoms with Crippen molar-refractivity contribution in [2.75, 3.05) is 13.2 Å². The van der Waals surface area contributed by atoms with Crippen LogP contribution in [0.2, 0.25) is 5.02 Å². The third-order valence-corrected chi connectivity index (χ3v) is 2.37. The summed E-state index contributed by atoms with van der Waals surface area (Å²) >= 11 is 5.81. The molecule has 14 heavy (non-hydrogen) atoms. The van der Waals surface area contributed by atoms with E-state index in [0.29, 0.717) is 17.2 Å². The maximum absolute atomic E-state index is 13.2. The average Bonchev–Trinajstić information content (AvgIpc) is 2.94. The molecule has 1 heterocycles. The SMILES string of the molecule is Fc1cccc(Cl)c1COC[C@H]1CO1. The number of hydrogen-bond donors (Lipinski definition) is 0. The summed E-state index contributed by atoms with van der Waals surface area (Å²) in [6.45, 7) is 1.45. The molecular weight excluding hydrogens is 207 g/mol. The van der Waals surface area contributed by atoms with E-state index in [1.807, 2.05) is 0 Å². The Labute approximate surface area is 86.6 Å². The second kappa shape index (κ2) is 4.26. The van der Waals surface area contributed by atoms with Crippen LogP contribution in [0, 0.1) is 5.82 Å². The highest BCUT2D eigenvalue weighted by Crippen LogP contribution is 2.20. The lowest BCUT2D eigenvalue weighted by Gasteiger charge is -2.05. The fraction of sp³-hybridized carbons (Fsp3) is 0.400. The molecule has 1 fully saturated rings. The van der Waals surface area contributed by atoms with E-state index < -0.39 is 0 Å². The Balaban J connectivity index is 1.92. The van der Waals surface area contributed by atoms with Crippen LogP contribution < -0.4 is 0 Å². The molecule has 0 bridgehead atoms. The summed E-state index contributed by atoms with van der Waals surface area (Å²) in [6.07, 6.45) is 0.195. The molecule has 76 valence electrons. The molecule has 1 atom stereocenters. The van der Waals surface area contributed by atoms with Gasteiger partial charge in [0.05, 0.1) is 19.8 Å². The minimum atomic E-state index is -0.325. The van der Waals surface area contributed by atoms with Gasteiger partial charge in [0, 0.05) is 10.6 Å². The standard InChI is InChI=1S/C10H10ClFO2/c11-9-2-1-3-10(12)8(9)6-13-4-7-5-14-7/h1-3,7H,4-6H2/t7-/m0/s1. The predicted molar refractivity (Wildman–Crippen MR) is 50.8 cm³/mol. The molecule has 0 aromatic heterocycles. The highest BCUT2D eigenvalue weighted by atomic mass is 35.5. The zero-order valence-corrected chi connectivity index (χ0v) is 8.26. The Hall–Kier alpha value is -0.640. The van der Waals surface area contributed by atoms with Crippen molar-refractivity contribution in [2.24, 2.45) is 0 Å². The lowest BCUT2D eigenvalue weighted by molar-refractivity contribution is 0.102. The molecule has 0 saturated carbocycles. The first-order valence-electron chi connectivity index (χ1n) is 4.39. The molecule has 0 unspecified atom stereocenters. The number of benzene rings is 1. The number of epoxide rings is 1. The number of halogens is 2. The van der Waals surface area contributed by atoms with Gasteiger partial charge in [-0.1, -0.05) is 17.7 Å². The van der Waals surface area contributed by atoms with E-state index in [4.69, 9.17) is 21.1 Å². The van der Waals surface area contributed by atoms with Crippen molar-refractivity contribution in [3.63, 3.8) is 0 Å². The van der Waals surface area contributed by atoms with E-state index in [1.54, 1.807) is 12.1 Å². The normalized spacial score (nSPS) is 19.7. The molecule has 1 aromatic carbocycles. The molecule has 0 spiro atoms. The van der Waals surface area contributed by atoms with Gasteiger partial charge in [0.2, 0.25) is 0 Å². The summed E-state index contributed by atoms with van der Waals surface area (Å²) < 4.78 is 23.4. The fourth-order valence-corrected chi connectivity index (χ4v) is 1.34. The van der Waals surface area contributed by atoms with Crippen molar-refractivity contribution in [1.29, 1.82) is 0 Å². The second-order valence-electron chi connectivity index (χ2n) is 3.17. The van der Waals surface area contributed by atoms with E-state index >= 15 is 0 Å². The van der Waals surface area contributed by atoms with E-state index in [1.165, 1.54) is 6.07 Å². The monoisotopic (exact) mass is 216 g/mol. The molecule has 2 rings (SSSR count). The topological polar surface area (TPSA) is 21.8 Å². The first-order valence-corrected chi connectivity index (χ1v) is 4.77. The van der Waals surface area contributed by atoms with Crippen LogP contribution >= 0.6 is 11.6 Å². The lowest BCUT2D eigenvalue weighted by Crippen LogP contribution is -2.03. The van der Waals surface area contributed by atoms with Crippen molar-refractivity contribution in [3.8, 4) is 0 Å². The predicted octanol–water partition coefficient (Wildman–Crippen LogP) is 2.39. The minimum Gasteiger partial charge on any atom is -0.374 e. The van der Waals surface area contributed by atoms with Crippen molar-refractivity contribution >= 4 is 11.6 Å². The van der Waals surface area contributed by atoms with Gasteiger partial charge in [0.15, 0.2) is 0 Å². The zero-order valence-electron chi connectivity index (χ0n) is 7.50. The van der Waals surface area contributed by atoms with Gasteiger partial charge in [-0.25, -0.2) is 4.39 Å². The van der Waals surface area contributed by atoms with Gasteiger partial charge in [0.1, 0.15) is 11.9 Å². The van der Waals surface area contributed by atoms with Crippen LogP contribution in [0.1, 0.15) is 5.56 Å². The Morgan fingerprint density at radius 3 is 3.00 bits per heavy atom. The molecule has 0 radical (unpaired) electrons. The van der Waals surface area contributed by atoms with Gasteiger partial charge in [-0.3, -0.25) is 0 Å². The molecular formula is C10H10ClFO2. The van der Waals surface area contributed by atoms with Crippen LogP contribution in [0.4, 0.5) is 4.39 Å². The Morgan fingerprint density at radius 1 is 1.57 bits per heavy atom. The van der Waals surface area contributed by atoms with Crippen molar-refractivity contribution in [1.82, 2.24) is 0 Å². The molecule has 4 heteroatoms. The van der Waals surface area contributed by atoms with E-state index in [2.05, 4.69) is 0 Å². The Kier molecular flexibility index (Phi) is 3.01. The summed E-state index contributed by atoms with van der Waals surface area (Å²) in [6, 6.07) is 4.60. The van der Waals surface area contributed by atoms with Gasteiger partial charge in [-0.15, -0.1) is 0 Å². The molecule has 1 saturated heterocycles. The second-order valence-corrected chi connectivity index (χ2v) is 3.58. The summed E-state index contributed by atoms with van der Waals surface area (Å²) in [7, 11) is 0. The third kappa shape index (κ3) is 2.44. The highest BCUT2D eigenvalue weighted by molar-refractivity contribution is 6.31. The average molecular weight is 217 g/mol. The van der Waals surface area contributed by atoms with Crippen molar-refractivity contribution in [3.05, 3.63) is 34.6 Å². The maximum Gasteiger partial charge on any atom is 0.130 e. The van der Waals surface area contributed by atoms with E-state index in [9.17, 15) is 4.39 Å². The fourth-order valence-electron chi connectivity index (χ4n) is 1.13. The van der Waals surface area contributed by atoms with Crippen LogP contribution in [0.25, 0.3) is 0 Å². The Bertz CT molecular complexity index is 306. The van der Waals surface area contributed by atoms with Crippen LogP contribution in [0.15, 0.2) is 18.2 Å². The quantitative estimate of drug-likeness (QED) is 0.721. The summed E-state index contributed by atoms with van der Waals surface area (Å²) in [4.78, 5) is 0. The zero-order chi connectivity index (χ0) is 9.97. The molecule has 0 aliphatic carbocycles. The summed E-state index contributed by atoms with van der Waals surface area (Å²) in [5, 5.41) is 0.404. The molecule has 1 aromatic rings. The Morgan fingerprint density at radius 2 is 2.36 bits per heavy atom. The van der Waals surface area contributed by atoms with Gasteiger partial charge >= 0.3 is 0 Å². The number of ether oxygens (including phenoxy) is 2. The van der Waals surface area contributed by atoms with Crippen LogP contribution in [0.5, 0.6) is 0 Å². The molecule has 1 aliphatic rings. The largest absolute Gasteiger partial charge is 0.374 e. The maximum atomic E-state index is 13.2. The first kappa shape index (κ1) is 9.90.